The molecule has 3 rings (SSSR count). The molecule has 0 radical (unpaired) electrons. The van der Waals surface area contributed by atoms with Gasteiger partial charge in [-0.15, -0.1) is 0 Å². The summed E-state index contributed by atoms with van der Waals surface area (Å²) in [5.74, 6) is 0.669. The van der Waals surface area contributed by atoms with Crippen LogP contribution in [0.25, 0.3) is 0 Å². The highest BCUT2D eigenvalue weighted by Crippen LogP contribution is 2.25. The van der Waals surface area contributed by atoms with E-state index in [2.05, 4.69) is 25.3 Å². The van der Waals surface area contributed by atoms with Crippen LogP contribution in [0.1, 0.15) is 5.56 Å². The molecule has 3 N–H and O–H groups in total. The van der Waals surface area contributed by atoms with Crippen molar-refractivity contribution in [1.29, 1.82) is 0 Å². The van der Waals surface area contributed by atoms with E-state index < -0.39 is 10.0 Å². The number of rotatable bonds is 6. The second kappa shape index (κ2) is 8.84. The van der Waals surface area contributed by atoms with Crippen molar-refractivity contribution in [3.05, 3.63) is 66.5 Å². The average Bonchev–Trinajstić information content (AvgIpc) is 2.69. The molecule has 10 heteroatoms. The highest BCUT2D eigenvalue weighted by molar-refractivity contribution is 7.92. The van der Waals surface area contributed by atoms with Crippen molar-refractivity contribution in [2.24, 2.45) is 0 Å². The zero-order valence-corrected chi connectivity index (χ0v) is 17.3. The third kappa shape index (κ3) is 5.39. The molecule has 150 valence electrons. The second-order valence-corrected chi connectivity index (χ2v) is 8.08. The van der Waals surface area contributed by atoms with E-state index in [1.165, 1.54) is 24.5 Å². The highest BCUT2D eigenvalue weighted by atomic mass is 32.2. The number of aryl methyl sites for hydroxylation is 1. The van der Waals surface area contributed by atoms with Gasteiger partial charge in [0.25, 0.3) is 10.0 Å². The van der Waals surface area contributed by atoms with Gasteiger partial charge in [0.15, 0.2) is 5.11 Å². The van der Waals surface area contributed by atoms with E-state index in [0.29, 0.717) is 16.5 Å². The number of nitrogens with one attached hydrogen (secondary N) is 3. The predicted molar refractivity (Wildman–Crippen MR) is 117 cm³/mol. The lowest BCUT2D eigenvalue weighted by Crippen LogP contribution is -2.20. The molecule has 2 aromatic carbocycles. The molecule has 0 saturated carbocycles. The summed E-state index contributed by atoms with van der Waals surface area (Å²) in [7, 11) is -2.21. The molecule has 0 spiro atoms. The standard InChI is InChI=1S/C19H19N5O3S2/c1-13-4-9-17(27-2)16(12-13)23-19(28)22-14-5-7-15(8-6-14)29(25,26)24-18-20-10-3-11-21-18/h3-12H,1-2H3,(H,20,21,24)(H2,22,23,28). The monoisotopic (exact) mass is 429 g/mol. The van der Waals surface area contributed by atoms with Gasteiger partial charge in [0.2, 0.25) is 5.95 Å². The molecular formula is C19H19N5O3S2. The molecule has 0 saturated heterocycles. The van der Waals surface area contributed by atoms with Crippen molar-refractivity contribution in [1.82, 2.24) is 9.97 Å². The third-order valence-corrected chi connectivity index (χ3v) is 5.37. The van der Waals surface area contributed by atoms with Gasteiger partial charge >= 0.3 is 0 Å². The SMILES string of the molecule is COc1ccc(C)cc1NC(=S)Nc1ccc(S(=O)(=O)Nc2ncccn2)cc1. The first-order chi connectivity index (χ1) is 13.9. The molecule has 8 nitrogen and oxygen atoms in total. The maximum absolute atomic E-state index is 12.4. The average molecular weight is 430 g/mol. The quantitative estimate of drug-likeness (QED) is 0.512. The van der Waals surface area contributed by atoms with Gasteiger partial charge in [-0.25, -0.2) is 23.1 Å². The zero-order chi connectivity index (χ0) is 20.9. The molecule has 0 fully saturated rings. The van der Waals surface area contributed by atoms with E-state index in [-0.39, 0.29) is 10.8 Å². The van der Waals surface area contributed by atoms with Crippen molar-refractivity contribution in [2.75, 3.05) is 22.5 Å². The number of aromatic nitrogens is 2. The number of nitrogens with zero attached hydrogens (tertiary/aromatic N) is 2. The van der Waals surface area contributed by atoms with Crippen LogP contribution in [0.4, 0.5) is 17.3 Å². The van der Waals surface area contributed by atoms with E-state index in [4.69, 9.17) is 17.0 Å². The summed E-state index contributed by atoms with van der Waals surface area (Å²) >= 11 is 5.34. The second-order valence-electron chi connectivity index (χ2n) is 5.99. The number of sulfonamides is 1. The highest BCUT2D eigenvalue weighted by Gasteiger charge is 2.15. The Morgan fingerprint density at radius 2 is 1.72 bits per heavy atom. The summed E-state index contributed by atoms with van der Waals surface area (Å²) < 4.78 is 32.5. The van der Waals surface area contributed by atoms with E-state index >= 15 is 0 Å². The molecule has 1 aromatic heterocycles. The van der Waals surface area contributed by atoms with Crippen LogP contribution in [0, 0.1) is 6.92 Å². The van der Waals surface area contributed by atoms with Gasteiger partial charge in [0.05, 0.1) is 17.7 Å². The van der Waals surface area contributed by atoms with Crippen LogP contribution in [0.3, 0.4) is 0 Å². The molecule has 1 heterocycles. The Labute approximate surface area is 174 Å². The fourth-order valence-electron chi connectivity index (χ4n) is 2.45. The van der Waals surface area contributed by atoms with Crippen molar-refractivity contribution in [3.8, 4) is 5.75 Å². The van der Waals surface area contributed by atoms with Crippen LogP contribution < -0.4 is 20.1 Å². The molecule has 29 heavy (non-hydrogen) atoms. The Bertz CT molecular complexity index is 1100. The third-order valence-electron chi connectivity index (χ3n) is 3.82. The fourth-order valence-corrected chi connectivity index (χ4v) is 3.64. The molecular weight excluding hydrogens is 410 g/mol. The first-order valence-electron chi connectivity index (χ1n) is 8.50. The van der Waals surface area contributed by atoms with Crippen molar-refractivity contribution in [3.63, 3.8) is 0 Å². The van der Waals surface area contributed by atoms with Crippen LogP contribution in [-0.4, -0.2) is 30.6 Å². The van der Waals surface area contributed by atoms with Crippen LogP contribution in [0.2, 0.25) is 0 Å². The molecule has 0 amide bonds. The van der Waals surface area contributed by atoms with Gasteiger partial charge in [-0.05, 0) is 67.2 Å². The summed E-state index contributed by atoms with van der Waals surface area (Å²) in [6.45, 7) is 1.97. The van der Waals surface area contributed by atoms with Gasteiger partial charge in [-0.3, -0.25) is 0 Å². The fraction of sp³-hybridized carbons (Fsp3) is 0.105. The predicted octanol–water partition coefficient (Wildman–Crippen LogP) is 3.40. The summed E-state index contributed by atoms with van der Waals surface area (Å²) in [5, 5.41) is 6.44. The Hall–Kier alpha value is -3.24. The first-order valence-corrected chi connectivity index (χ1v) is 10.4. The number of methoxy groups -OCH3 is 1. The van der Waals surface area contributed by atoms with E-state index in [1.807, 2.05) is 25.1 Å². The molecule has 0 bridgehead atoms. The summed E-state index contributed by atoms with van der Waals surface area (Å²) in [5.41, 5.74) is 2.42. The van der Waals surface area contributed by atoms with Gasteiger partial charge in [-0.1, -0.05) is 6.07 Å². The lowest BCUT2D eigenvalue weighted by Gasteiger charge is -2.14. The normalized spacial score (nSPS) is 10.8. The number of benzene rings is 2. The van der Waals surface area contributed by atoms with Crippen LogP contribution in [-0.2, 0) is 10.0 Å². The lowest BCUT2D eigenvalue weighted by molar-refractivity contribution is 0.417. The summed E-state index contributed by atoms with van der Waals surface area (Å²) in [6, 6.07) is 13.5. The van der Waals surface area contributed by atoms with Gasteiger partial charge < -0.3 is 15.4 Å². The minimum Gasteiger partial charge on any atom is -0.495 e. The molecule has 0 aliphatic rings. The van der Waals surface area contributed by atoms with Crippen molar-refractivity contribution in [2.45, 2.75) is 11.8 Å². The number of ether oxygens (including phenoxy) is 1. The van der Waals surface area contributed by atoms with E-state index in [0.717, 1.165) is 11.3 Å². The Balaban J connectivity index is 1.67. The van der Waals surface area contributed by atoms with Crippen molar-refractivity contribution >= 4 is 44.7 Å². The number of hydrogen-bond acceptors (Lipinski definition) is 6. The van der Waals surface area contributed by atoms with Crippen LogP contribution in [0.15, 0.2) is 65.8 Å². The van der Waals surface area contributed by atoms with Crippen LogP contribution >= 0.6 is 12.2 Å². The molecule has 0 aliphatic heterocycles. The minimum absolute atomic E-state index is 0.00665. The Morgan fingerprint density at radius 3 is 2.38 bits per heavy atom. The zero-order valence-electron chi connectivity index (χ0n) is 15.7. The first kappa shape index (κ1) is 20.5. The van der Waals surface area contributed by atoms with Gasteiger partial charge in [-0.2, -0.15) is 0 Å². The number of hydrogen-bond donors (Lipinski definition) is 3. The largest absolute Gasteiger partial charge is 0.495 e. The summed E-state index contributed by atoms with van der Waals surface area (Å²) in [6.07, 6.45) is 2.91. The van der Waals surface area contributed by atoms with E-state index in [1.54, 1.807) is 25.3 Å². The van der Waals surface area contributed by atoms with Gasteiger partial charge in [0.1, 0.15) is 5.75 Å². The lowest BCUT2D eigenvalue weighted by atomic mass is 10.2. The Kier molecular flexibility index (Phi) is 6.25. The van der Waals surface area contributed by atoms with Crippen molar-refractivity contribution < 1.29 is 13.2 Å². The van der Waals surface area contributed by atoms with Gasteiger partial charge in [0, 0.05) is 18.1 Å². The smallest absolute Gasteiger partial charge is 0.264 e. The number of anilines is 3. The molecule has 0 aliphatic carbocycles. The molecule has 0 atom stereocenters. The summed E-state index contributed by atoms with van der Waals surface area (Å²) in [4.78, 5) is 7.79. The molecule has 0 unspecified atom stereocenters. The molecule has 3 aromatic rings. The minimum atomic E-state index is -3.79. The van der Waals surface area contributed by atoms with Crippen LogP contribution in [0.5, 0.6) is 5.75 Å². The Morgan fingerprint density at radius 1 is 1.03 bits per heavy atom. The maximum atomic E-state index is 12.4. The number of thiocarbonyl (C=S) groups is 1. The maximum Gasteiger partial charge on any atom is 0.264 e. The topological polar surface area (TPSA) is 105 Å². The van der Waals surface area contributed by atoms with E-state index in [9.17, 15) is 8.42 Å².